The molecule has 5 heteroatoms. The molecule has 0 saturated heterocycles. The van der Waals surface area contributed by atoms with Gasteiger partial charge in [-0.25, -0.2) is 0 Å². The van der Waals surface area contributed by atoms with Crippen molar-refractivity contribution in [1.29, 1.82) is 0 Å². The highest BCUT2D eigenvalue weighted by atomic mass is 16.7. The lowest BCUT2D eigenvalue weighted by Gasteiger charge is -2.18. The van der Waals surface area contributed by atoms with Gasteiger partial charge < -0.3 is 14.6 Å². The van der Waals surface area contributed by atoms with Crippen LogP contribution in [0.3, 0.4) is 0 Å². The summed E-state index contributed by atoms with van der Waals surface area (Å²) < 4.78 is 10.2. The van der Waals surface area contributed by atoms with Crippen molar-refractivity contribution in [2.45, 2.75) is 19.4 Å². The molecule has 0 atom stereocenters. The zero-order valence-corrected chi connectivity index (χ0v) is 11.6. The molecule has 0 aliphatic heterocycles. The summed E-state index contributed by atoms with van der Waals surface area (Å²) in [5.74, 6) is 0.685. The second-order valence-electron chi connectivity index (χ2n) is 4.76. The number of hydroxylamine groups is 1. The fourth-order valence-corrected chi connectivity index (χ4v) is 1.26. The molecule has 1 aromatic rings. The molecule has 106 valence electrons. The average Bonchev–Trinajstić information content (AvgIpc) is 2.35. The molecular weight excluding hydrogens is 246 g/mol. The summed E-state index contributed by atoms with van der Waals surface area (Å²) in [4.78, 5) is 5.17. The zero-order chi connectivity index (χ0) is 14.3. The van der Waals surface area contributed by atoms with E-state index in [1.807, 2.05) is 24.3 Å². The van der Waals surface area contributed by atoms with Crippen LogP contribution in [0.25, 0.3) is 5.70 Å². The number of rotatable bonds is 8. The van der Waals surface area contributed by atoms with Gasteiger partial charge in [-0.15, -0.1) is 0 Å². The van der Waals surface area contributed by atoms with E-state index in [9.17, 15) is 5.11 Å². The van der Waals surface area contributed by atoms with E-state index in [1.54, 1.807) is 21.0 Å². The van der Waals surface area contributed by atoms with Crippen LogP contribution in [0.5, 0.6) is 5.75 Å². The van der Waals surface area contributed by atoms with Crippen LogP contribution < -0.4 is 10.2 Å². The quantitative estimate of drug-likeness (QED) is 0.557. The molecule has 0 bridgehead atoms. The third-order valence-corrected chi connectivity index (χ3v) is 2.15. The minimum absolute atomic E-state index is 0.159. The number of benzene rings is 1. The van der Waals surface area contributed by atoms with Gasteiger partial charge in [0.2, 0.25) is 0 Å². The van der Waals surface area contributed by atoms with Crippen molar-refractivity contribution < 1.29 is 19.4 Å². The smallest absolute Gasteiger partial charge is 0.188 e. The minimum Gasteiger partial charge on any atom is -0.468 e. The predicted octanol–water partition coefficient (Wildman–Crippen LogP) is 1.93. The van der Waals surface area contributed by atoms with E-state index < -0.39 is 5.60 Å². The van der Waals surface area contributed by atoms with Gasteiger partial charge in [0, 0.05) is 12.7 Å². The number of methoxy groups -OCH3 is 1. The molecule has 0 radical (unpaired) electrons. The minimum atomic E-state index is -0.892. The summed E-state index contributed by atoms with van der Waals surface area (Å²) in [6, 6.07) is 7.38. The van der Waals surface area contributed by atoms with Crippen molar-refractivity contribution in [2.75, 3.05) is 20.5 Å². The summed E-state index contributed by atoms with van der Waals surface area (Å²) in [6.07, 6.45) is 0. The fraction of sp³-hybridized carbons (Fsp3) is 0.429. The normalized spacial score (nSPS) is 11.2. The summed E-state index contributed by atoms with van der Waals surface area (Å²) in [5, 5.41) is 9.51. The molecule has 0 amide bonds. The number of aliphatic hydroxyl groups is 1. The molecule has 5 nitrogen and oxygen atoms in total. The Bertz CT molecular complexity index is 412. The van der Waals surface area contributed by atoms with E-state index in [0.29, 0.717) is 11.4 Å². The molecule has 0 saturated carbocycles. The Labute approximate surface area is 113 Å². The summed E-state index contributed by atoms with van der Waals surface area (Å²) >= 11 is 0. The van der Waals surface area contributed by atoms with E-state index >= 15 is 0 Å². The van der Waals surface area contributed by atoms with Gasteiger partial charge in [-0.05, 0) is 26.0 Å². The third kappa shape index (κ3) is 6.24. The lowest BCUT2D eigenvalue weighted by Crippen LogP contribution is -2.29. The highest BCUT2D eigenvalue weighted by Gasteiger charge is 2.12. The van der Waals surface area contributed by atoms with Crippen LogP contribution >= 0.6 is 0 Å². The third-order valence-electron chi connectivity index (χ3n) is 2.15. The Hall–Kier alpha value is -1.56. The maximum absolute atomic E-state index is 9.51. The van der Waals surface area contributed by atoms with Crippen LogP contribution in [-0.4, -0.2) is 31.2 Å². The molecule has 0 heterocycles. The van der Waals surface area contributed by atoms with Crippen LogP contribution in [0.15, 0.2) is 30.8 Å². The monoisotopic (exact) mass is 267 g/mol. The number of hydrogen-bond acceptors (Lipinski definition) is 5. The van der Waals surface area contributed by atoms with Gasteiger partial charge in [0.15, 0.2) is 6.79 Å². The van der Waals surface area contributed by atoms with E-state index in [4.69, 9.17) is 14.3 Å². The van der Waals surface area contributed by atoms with Gasteiger partial charge in [-0.1, -0.05) is 18.7 Å². The Kier molecular flexibility index (Phi) is 5.82. The van der Waals surface area contributed by atoms with E-state index in [1.165, 1.54) is 0 Å². The van der Waals surface area contributed by atoms with E-state index in [-0.39, 0.29) is 13.4 Å². The summed E-state index contributed by atoms with van der Waals surface area (Å²) in [6.45, 7) is 7.54. The van der Waals surface area contributed by atoms with Crippen LogP contribution in [-0.2, 0) is 9.57 Å². The Morgan fingerprint density at radius 2 is 2.16 bits per heavy atom. The lowest BCUT2D eigenvalue weighted by molar-refractivity contribution is -0.0447. The summed E-state index contributed by atoms with van der Waals surface area (Å²) in [5.41, 5.74) is 3.23. The second-order valence-corrected chi connectivity index (χ2v) is 4.76. The molecule has 0 unspecified atom stereocenters. The molecule has 1 rings (SSSR count). The molecule has 1 aromatic carbocycles. The van der Waals surface area contributed by atoms with Gasteiger partial charge in [0.05, 0.1) is 11.3 Å². The molecule has 2 N–H and O–H groups in total. The van der Waals surface area contributed by atoms with Gasteiger partial charge in [0.1, 0.15) is 12.4 Å². The van der Waals surface area contributed by atoms with Crippen molar-refractivity contribution >= 4 is 5.70 Å². The van der Waals surface area contributed by atoms with Gasteiger partial charge in [0.25, 0.3) is 0 Å². The Morgan fingerprint density at radius 1 is 1.42 bits per heavy atom. The van der Waals surface area contributed by atoms with Crippen LogP contribution in [0.4, 0.5) is 0 Å². The van der Waals surface area contributed by atoms with Crippen LogP contribution in [0.2, 0.25) is 0 Å². The number of hydrogen-bond donors (Lipinski definition) is 2. The van der Waals surface area contributed by atoms with Gasteiger partial charge in [-0.2, -0.15) is 0 Å². The van der Waals surface area contributed by atoms with Gasteiger partial charge in [-0.3, -0.25) is 10.3 Å². The fourth-order valence-electron chi connectivity index (χ4n) is 1.26. The maximum Gasteiger partial charge on any atom is 0.188 e. The zero-order valence-electron chi connectivity index (χ0n) is 11.6. The molecule has 0 aliphatic rings. The molecule has 19 heavy (non-hydrogen) atoms. The topological polar surface area (TPSA) is 60.0 Å². The van der Waals surface area contributed by atoms with E-state index in [2.05, 4.69) is 12.1 Å². The largest absolute Gasteiger partial charge is 0.468 e. The molecule has 0 spiro atoms. The Morgan fingerprint density at radius 3 is 2.79 bits per heavy atom. The van der Waals surface area contributed by atoms with Crippen molar-refractivity contribution in [2.24, 2.45) is 0 Å². The Balaban J connectivity index is 2.52. The number of nitrogens with one attached hydrogen (secondary N) is 1. The van der Waals surface area contributed by atoms with Crippen molar-refractivity contribution in [1.82, 2.24) is 5.48 Å². The summed E-state index contributed by atoms with van der Waals surface area (Å²) in [7, 11) is 1.56. The highest BCUT2D eigenvalue weighted by Crippen LogP contribution is 2.17. The first-order valence-electron chi connectivity index (χ1n) is 5.93. The molecule has 0 aliphatic carbocycles. The van der Waals surface area contributed by atoms with Gasteiger partial charge >= 0.3 is 0 Å². The second kappa shape index (κ2) is 7.13. The van der Waals surface area contributed by atoms with Crippen LogP contribution in [0.1, 0.15) is 19.4 Å². The average molecular weight is 267 g/mol. The van der Waals surface area contributed by atoms with Crippen LogP contribution in [0, 0.1) is 0 Å². The highest BCUT2D eigenvalue weighted by molar-refractivity contribution is 5.62. The number of ether oxygens (including phenoxy) is 2. The lowest BCUT2D eigenvalue weighted by atomic mass is 10.1. The first-order valence-corrected chi connectivity index (χ1v) is 5.93. The molecular formula is C14H21NO4. The maximum atomic E-state index is 9.51. The molecule has 0 aromatic heterocycles. The predicted molar refractivity (Wildman–Crippen MR) is 73.4 cm³/mol. The first-order chi connectivity index (χ1) is 8.92. The van der Waals surface area contributed by atoms with Crippen molar-refractivity contribution in [3.63, 3.8) is 0 Å². The van der Waals surface area contributed by atoms with E-state index in [0.717, 1.165) is 5.56 Å². The molecule has 0 fully saturated rings. The standard InChI is InChI=1S/C14H21NO4/c1-11(15-19-9-14(2,3)16)12-6-5-7-13(8-12)18-10-17-4/h5-8,15-16H,1,9-10H2,2-4H3. The van der Waals surface area contributed by atoms with Crippen molar-refractivity contribution in [3.8, 4) is 5.75 Å². The van der Waals surface area contributed by atoms with Crippen molar-refractivity contribution in [3.05, 3.63) is 36.4 Å². The first kappa shape index (κ1) is 15.5. The SMILES string of the molecule is C=C(NOCC(C)(C)O)c1cccc(OCOC)c1.